The molecule has 1 N–H and O–H groups in total. The highest BCUT2D eigenvalue weighted by atomic mass is 32.2. The molecular weight excluding hydrogens is 262 g/mol. The summed E-state index contributed by atoms with van der Waals surface area (Å²) in [7, 11) is -3.33. The van der Waals surface area contributed by atoms with Crippen LogP contribution >= 0.6 is 0 Å². The molecule has 1 atom stereocenters. The van der Waals surface area contributed by atoms with E-state index in [0.717, 1.165) is 24.2 Å². The largest absolute Gasteiger partial charge is 0.279 e. The van der Waals surface area contributed by atoms with Crippen molar-refractivity contribution in [1.29, 1.82) is 0 Å². The van der Waals surface area contributed by atoms with Gasteiger partial charge in [-0.15, -0.1) is 0 Å². The van der Waals surface area contributed by atoms with Gasteiger partial charge in [0.15, 0.2) is 0 Å². The lowest BCUT2D eigenvalue weighted by Gasteiger charge is -2.20. The first-order chi connectivity index (χ1) is 8.97. The zero-order valence-electron chi connectivity index (χ0n) is 11.5. The Labute approximate surface area is 115 Å². The van der Waals surface area contributed by atoms with Gasteiger partial charge in [-0.3, -0.25) is 4.98 Å². The van der Waals surface area contributed by atoms with E-state index in [1.165, 1.54) is 4.31 Å². The van der Waals surface area contributed by atoms with Crippen molar-refractivity contribution in [2.45, 2.75) is 39.2 Å². The third-order valence-electron chi connectivity index (χ3n) is 3.22. The summed E-state index contributed by atoms with van der Waals surface area (Å²) in [6.45, 7) is 5.07. The molecule has 0 spiro atoms. The van der Waals surface area contributed by atoms with Crippen LogP contribution in [0.25, 0.3) is 0 Å². The molecule has 6 heteroatoms. The molecule has 5 nitrogen and oxygen atoms in total. The van der Waals surface area contributed by atoms with Gasteiger partial charge in [0.1, 0.15) is 0 Å². The molecule has 0 saturated carbocycles. The molecule has 1 aliphatic heterocycles. The van der Waals surface area contributed by atoms with Crippen LogP contribution in [0.2, 0.25) is 0 Å². The summed E-state index contributed by atoms with van der Waals surface area (Å²) in [4.78, 5) is 4.39. The second-order valence-electron chi connectivity index (χ2n) is 5.10. The summed E-state index contributed by atoms with van der Waals surface area (Å²) >= 11 is 0. The molecule has 0 aromatic carbocycles. The Bertz CT molecular complexity index is 524. The summed E-state index contributed by atoms with van der Waals surface area (Å²) < 4.78 is 28.4. The first-order valence-corrected chi connectivity index (χ1v) is 8.11. The van der Waals surface area contributed by atoms with E-state index in [1.807, 2.05) is 32.0 Å². The van der Waals surface area contributed by atoms with Crippen LogP contribution in [-0.4, -0.2) is 36.8 Å². The molecule has 19 heavy (non-hydrogen) atoms. The molecule has 1 aliphatic rings. The number of aromatic nitrogens is 1. The molecule has 0 bridgehead atoms. The zero-order valence-corrected chi connectivity index (χ0v) is 12.3. The minimum absolute atomic E-state index is 0.153. The summed E-state index contributed by atoms with van der Waals surface area (Å²) in [6, 6.07) is 5.65. The number of rotatable bonds is 5. The van der Waals surface area contributed by atoms with Crippen LogP contribution in [0.1, 0.15) is 31.2 Å². The summed E-state index contributed by atoms with van der Waals surface area (Å²) in [5.74, 6) is 0. The van der Waals surface area contributed by atoms with Crippen molar-refractivity contribution in [2.24, 2.45) is 0 Å². The fourth-order valence-corrected chi connectivity index (χ4v) is 3.81. The molecule has 0 aliphatic carbocycles. The third kappa shape index (κ3) is 3.99. The second kappa shape index (κ2) is 5.98. The van der Waals surface area contributed by atoms with Gasteiger partial charge in [-0.05, 0) is 38.8 Å². The monoisotopic (exact) mass is 283 g/mol. The van der Waals surface area contributed by atoms with Crippen molar-refractivity contribution in [1.82, 2.24) is 14.0 Å². The Morgan fingerprint density at radius 1 is 1.37 bits per heavy atom. The SMILES string of the molecule is Cc1cccc(CC(C)NS(=O)(=O)N2CCCC2)n1. The van der Waals surface area contributed by atoms with Gasteiger partial charge in [-0.25, -0.2) is 0 Å². The minimum atomic E-state index is -3.33. The molecule has 0 radical (unpaired) electrons. The number of nitrogens with one attached hydrogen (secondary N) is 1. The van der Waals surface area contributed by atoms with Gasteiger partial charge in [-0.2, -0.15) is 17.4 Å². The fraction of sp³-hybridized carbons (Fsp3) is 0.615. The lowest BCUT2D eigenvalue weighted by Crippen LogP contribution is -2.43. The van der Waals surface area contributed by atoms with Crippen molar-refractivity contribution in [3.8, 4) is 0 Å². The lowest BCUT2D eigenvalue weighted by molar-refractivity contribution is 0.454. The number of hydrogen-bond acceptors (Lipinski definition) is 3. The lowest BCUT2D eigenvalue weighted by atomic mass is 10.2. The van der Waals surface area contributed by atoms with Gasteiger partial charge in [0.25, 0.3) is 10.2 Å². The highest BCUT2D eigenvalue weighted by Crippen LogP contribution is 2.12. The molecule has 0 amide bonds. The third-order valence-corrected chi connectivity index (χ3v) is 4.96. The van der Waals surface area contributed by atoms with E-state index in [1.54, 1.807) is 0 Å². The Morgan fingerprint density at radius 3 is 2.68 bits per heavy atom. The van der Waals surface area contributed by atoms with Crippen LogP contribution < -0.4 is 4.72 Å². The van der Waals surface area contributed by atoms with Gasteiger partial charge in [0.05, 0.1) is 0 Å². The minimum Gasteiger partial charge on any atom is -0.258 e. The van der Waals surface area contributed by atoms with E-state index in [9.17, 15) is 8.42 Å². The maximum Gasteiger partial charge on any atom is 0.279 e. The van der Waals surface area contributed by atoms with Crippen LogP contribution in [0.4, 0.5) is 0 Å². The second-order valence-corrected chi connectivity index (χ2v) is 6.81. The first kappa shape index (κ1) is 14.4. The van der Waals surface area contributed by atoms with E-state index in [0.29, 0.717) is 19.5 Å². The molecule has 2 rings (SSSR count). The van der Waals surface area contributed by atoms with E-state index in [4.69, 9.17) is 0 Å². The molecule has 2 heterocycles. The van der Waals surface area contributed by atoms with E-state index >= 15 is 0 Å². The standard InChI is InChI=1S/C13H21N3O2S/c1-11-6-5-7-13(14-11)10-12(2)15-19(17,18)16-8-3-4-9-16/h5-7,12,15H,3-4,8-10H2,1-2H3. The van der Waals surface area contributed by atoms with E-state index in [-0.39, 0.29) is 6.04 Å². The molecule has 1 aromatic heterocycles. The zero-order chi connectivity index (χ0) is 13.9. The fourth-order valence-electron chi connectivity index (χ4n) is 2.33. The predicted molar refractivity (Wildman–Crippen MR) is 75.0 cm³/mol. The summed E-state index contributed by atoms with van der Waals surface area (Å²) in [6.07, 6.45) is 2.51. The number of pyridine rings is 1. The Morgan fingerprint density at radius 2 is 2.05 bits per heavy atom. The first-order valence-electron chi connectivity index (χ1n) is 6.67. The highest BCUT2D eigenvalue weighted by Gasteiger charge is 2.26. The van der Waals surface area contributed by atoms with Crippen LogP contribution in [0.5, 0.6) is 0 Å². The molecule has 1 saturated heterocycles. The van der Waals surface area contributed by atoms with Crippen LogP contribution in [0.3, 0.4) is 0 Å². The number of nitrogens with zero attached hydrogens (tertiary/aromatic N) is 2. The van der Waals surface area contributed by atoms with Crippen molar-refractivity contribution in [3.05, 3.63) is 29.6 Å². The van der Waals surface area contributed by atoms with Gasteiger partial charge in [0, 0.05) is 36.9 Å². The molecular formula is C13H21N3O2S. The van der Waals surface area contributed by atoms with Gasteiger partial charge in [0.2, 0.25) is 0 Å². The molecule has 1 unspecified atom stereocenters. The van der Waals surface area contributed by atoms with E-state index in [2.05, 4.69) is 9.71 Å². The number of hydrogen-bond donors (Lipinski definition) is 1. The predicted octanol–water partition coefficient (Wildman–Crippen LogP) is 1.25. The van der Waals surface area contributed by atoms with Crippen molar-refractivity contribution in [3.63, 3.8) is 0 Å². The maximum absolute atomic E-state index is 12.1. The number of aryl methyl sites for hydroxylation is 1. The van der Waals surface area contributed by atoms with Crippen molar-refractivity contribution >= 4 is 10.2 Å². The van der Waals surface area contributed by atoms with E-state index < -0.39 is 10.2 Å². The maximum atomic E-state index is 12.1. The topological polar surface area (TPSA) is 62.3 Å². The summed E-state index contributed by atoms with van der Waals surface area (Å²) in [5.41, 5.74) is 1.86. The Kier molecular flexibility index (Phi) is 4.54. The van der Waals surface area contributed by atoms with Crippen LogP contribution in [-0.2, 0) is 16.6 Å². The van der Waals surface area contributed by atoms with Gasteiger partial charge in [-0.1, -0.05) is 6.07 Å². The van der Waals surface area contributed by atoms with Crippen LogP contribution in [0, 0.1) is 6.92 Å². The van der Waals surface area contributed by atoms with Gasteiger partial charge >= 0.3 is 0 Å². The average molecular weight is 283 g/mol. The molecule has 1 fully saturated rings. The van der Waals surface area contributed by atoms with Crippen molar-refractivity contribution in [2.75, 3.05) is 13.1 Å². The smallest absolute Gasteiger partial charge is 0.258 e. The Balaban J connectivity index is 1.95. The summed E-state index contributed by atoms with van der Waals surface area (Å²) in [5, 5.41) is 0. The average Bonchev–Trinajstić information content (AvgIpc) is 2.81. The molecule has 106 valence electrons. The highest BCUT2D eigenvalue weighted by molar-refractivity contribution is 7.87. The van der Waals surface area contributed by atoms with Crippen molar-refractivity contribution < 1.29 is 8.42 Å². The van der Waals surface area contributed by atoms with Crippen LogP contribution in [0.15, 0.2) is 18.2 Å². The normalized spacial score (nSPS) is 18.6. The molecule has 1 aromatic rings. The van der Waals surface area contributed by atoms with Gasteiger partial charge < -0.3 is 0 Å². The Hall–Kier alpha value is -0.980. The quantitative estimate of drug-likeness (QED) is 0.884.